The molecule has 0 amide bonds. The maximum atomic E-state index is 9.38. The van der Waals surface area contributed by atoms with Crippen LogP contribution in [0.4, 0.5) is 0 Å². The molecule has 0 fully saturated rings. The molecule has 2 unspecified atom stereocenters. The van der Waals surface area contributed by atoms with E-state index in [4.69, 9.17) is 4.74 Å². The highest BCUT2D eigenvalue weighted by Gasteiger charge is 2.28. The fourth-order valence-electron chi connectivity index (χ4n) is 2.61. The zero-order valence-corrected chi connectivity index (χ0v) is 12.7. The molecular weight excluding hydrogens is 318 g/mol. The first-order valence-corrected chi connectivity index (χ1v) is 7.39. The van der Waals surface area contributed by atoms with E-state index >= 15 is 0 Å². The number of nitrogens with one attached hydrogen (secondary N) is 1. The molecule has 0 radical (unpaired) electrons. The van der Waals surface area contributed by atoms with Crippen LogP contribution in [0.3, 0.4) is 0 Å². The minimum absolute atomic E-state index is 0.00160. The summed E-state index contributed by atoms with van der Waals surface area (Å²) in [6.45, 7) is 0. The summed E-state index contributed by atoms with van der Waals surface area (Å²) < 4.78 is 7.16. The Morgan fingerprint density at radius 3 is 2.65 bits per heavy atom. The van der Waals surface area contributed by atoms with Gasteiger partial charge in [-0.2, -0.15) is 0 Å². The summed E-state index contributed by atoms with van der Waals surface area (Å²) in [5, 5.41) is 12.7. The molecule has 1 aliphatic rings. The van der Waals surface area contributed by atoms with Crippen molar-refractivity contribution in [2.24, 2.45) is 0 Å². The third-order valence-corrected chi connectivity index (χ3v) is 4.17. The number of fused-ring (bicyclic) bond motifs is 1. The van der Waals surface area contributed by atoms with E-state index in [0.29, 0.717) is 0 Å². The average Bonchev–Trinajstić information content (AvgIpc) is 2.47. The number of rotatable bonds is 2. The van der Waals surface area contributed by atoms with Gasteiger partial charge < -0.3 is 15.2 Å². The molecule has 0 spiro atoms. The molecule has 2 aromatic carbocycles. The van der Waals surface area contributed by atoms with E-state index in [2.05, 4.69) is 27.3 Å². The molecule has 2 atom stereocenters. The van der Waals surface area contributed by atoms with Gasteiger partial charge in [0.05, 0.1) is 0 Å². The molecule has 0 aromatic heterocycles. The Morgan fingerprint density at radius 2 is 1.95 bits per heavy atom. The smallest absolute Gasteiger partial charge is 0.126 e. The van der Waals surface area contributed by atoms with Gasteiger partial charge in [-0.1, -0.05) is 28.1 Å². The Balaban J connectivity index is 1.94. The summed E-state index contributed by atoms with van der Waals surface area (Å²) in [6.07, 6.45) is 0.867. The molecule has 2 N–H and O–H groups in total. The lowest BCUT2D eigenvalue weighted by atomic mass is 9.93. The van der Waals surface area contributed by atoms with Gasteiger partial charge in [-0.15, -0.1) is 0 Å². The van der Waals surface area contributed by atoms with Crippen molar-refractivity contribution in [2.45, 2.75) is 18.6 Å². The van der Waals surface area contributed by atoms with E-state index in [1.807, 2.05) is 31.3 Å². The van der Waals surface area contributed by atoms with Gasteiger partial charge in [0.25, 0.3) is 0 Å². The molecule has 0 aliphatic carbocycles. The van der Waals surface area contributed by atoms with Crippen molar-refractivity contribution in [1.82, 2.24) is 5.32 Å². The quantitative estimate of drug-likeness (QED) is 0.874. The first-order valence-electron chi connectivity index (χ1n) is 6.59. The maximum absolute atomic E-state index is 9.38. The fourth-order valence-corrected chi connectivity index (χ4v) is 2.99. The van der Waals surface area contributed by atoms with Crippen LogP contribution in [-0.2, 0) is 0 Å². The Kier molecular flexibility index (Phi) is 3.68. The number of aromatic hydroxyl groups is 1. The number of phenols is 1. The van der Waals surface area contributed by atoms with Crippen molar-refractivity contribution in [1.29, 1.82) is 0 Å². The largest absolute Gasteiger partial charge is 0.508 e. The SMILES string of the molecule is CNC1CC(c2ccc(O)cc2)Oc2ccc(Br)cc21. The summed E-state index contributed by atoms with van der Waals surface area (Å²) >= 11 is 3.50. The molecule has 1 heterocycles. The summed E-state index contributed by atoms with van der Waals surface area (Å²) in [6, 6.07) is 13.6. The van der Waals surface area contributed by atoms with Crippen LogP contribution in [0.5, 0.6) is 11.5 Å². The molecule has 3 nitrogen and oxygen atoms in total. The molecule has 3 rings (SSSR count). The van der Waals surface area contributed by atoms with E-state index in [9.17, 15) is 5.11 Å². The van der Waals surface area contributed by atoms with E-state index in [1.54, 1.807) is 12.1 Å². The molecular formula is C16H16BrNO2. The molecule has 0 saturated heterocycles. The predicted molar refractivity (Wildman–Crippen MR) is 82.0 cm³/mol. The predicted octanol–water partition coefficient (Wildman–Crippen LogP) is 3.94. The van der Waals surface area contributed by atoms with Crippen molar-refractivity contribution < 1.29 is 9.84 Å². The van der Waals surface area contributed by atoms with Crippen LogP contribution in [0.1, 0.15) is 29.7 Å². The lowest BCUT2D eigenvalue weighted by Crippen LogP contribution is -2.26. The van der Waals surface area contributed by atoms with Crippen molar-refractivity contribution >= 4 is 15.9 Å². The van der Waals surface area contributed by atoms with Gasteiger partial charge >= 0.3 is 0 Å². The highest BCUT2D eigenvalue weighted by atomic mass is 79.9. The van der Waals surface area contributed by atoms with Crippen LogP contribution < -0.4 is 10.1 Å². The molecule has 2 aromatic rings. The van der Waals surface area contributed by atoms with Crippen molar-refractivity contribution in [3.05, 3.63) is 58.1 Å². The first kappa shape index (κ1) is 13.5. The van der Waals surface area contributed by atoms with Gasteiger partial charge in [-0.05, 0) is 42.9 Å². The second-order valence-electron chi connectivity index (χ2n) is 4.96. The second-order valence-corrected chi connectivity index (χ2v) is 5.87. The minimum atomic E-state index is 0.00160. The van der Waals surface area contributed by atoms with Gasteiger partial charge in [0.1, 0.15) is 17.6 Å². The summed E-state index contributed by atoms with van der Waals surface area (Å²) in [4.78, 5) is 0. The first-order chi connectivity index (χ1) is 9.67. The van der Waals surface area contributed by atoms with Gasteiger partial charge in [0, 0.05) is 22.5 Å². The summed E-state index contributed by atoms with van der Waals surface area (Å²) in [7, 11) is 1.97. The van der Waals surface area contributed by atoms with Crippen LogP contribution in [0, 0.1) is 0 Å². The minimum Gasteiger partial charge on any atom is -0.508 e. The molecule has 1 aliphatic heterocycles. The Hall–Kier alpha value is -1.52. The number of benzene rings is 2. The third kappa shape index (κ3) is 2.53. The number of hydrogen-bond acceptors (Lipinski definition) is 3. The zero-order valence-electron chi connectivity index (χ0n) is 11.1. The monoisotopic (exact) mass is 333 g/mol. The van der Waals surface area contributed by atoms with Gasteiger partial charge in [-0.3, -0.25) is 0 Å². The Bertz CT molecular complexity index is 612. The van der Waals surface area contributed by atoms with Crippen molar-refractivity contribution in [3.8, 4) is 11.5 Å². The standard InChI is InChI=1S/C16H16BrNO2/c1-18-14-9-16(10-2-5-12(19)6-3-10)20-15-7-4-11(17)8-13(14)15/h2-8,14,16,18-19H,9H2,1H3. The molecule has 4 heteroatoms. The van der Waals surface area contributed by atoms with Gasteiger partial charge in [-0.25, -0.2) is 0 Å². The zero-order chi connectivity index (χ0) is 14.1. The van der Waals surface area contributed by atoms with E-state index in [1.165, 1.54) is 5.56 Å². The Morgan fingerprint density at radius 1 is 1.20 bits per heavy atom. The fraction of sp³-hybridized carbons (Fsp3) is 0.250. The van der Waals surface area contributed by atoms with E-state index in [-0.39, 0.29) is 17.9 Å². The normalized spacial score (nSPS) is 21.1. The van der Waals surface area contributed by atoms with Crippen LogP contribution in [0.15, 0.2) is 46.9 Å². The highest BCUT2D eigenvalue weighted by molar-refractivity contribution is 9.10. The summed E-state index contributed by atoms with van der Waals surface area (Å²) in [5.74, 6) is 1.19. The lowest BCUT2D eigenvalue weighted by Gasteiger charge is -2.32. The second kappa shape index (κ2) is 5.46. The molecule has 20 heavy (non-hydrogen) atoms. The van der Waals surface area contributed by atoms with E-state index < -0.39 is 0 Å². The Labute approximate surface area is 126 Å². The highest BCUT2D eigenvalue weighted by Crippen LogP contribution is 2.41. The average molecular weight is 334 g/mol. The van der Waals surface area contributed by atoms with Crippen molar-refractivity contribution in [3.63, 3.8) is 0 Å². The van der Waals surface area contributed by atoms with E-state index in [0.717, 1.165) is 22.2 Å². The van der Waals surface area contributed by atoms with Crippen LogP contribution >= 0.6 is 15.9 Å². The molecule has 0 saturated carbocycles. The lowest BCUT2D eigenvalue weighted by molar-refractivity contribution is 0.154. The molecule has 0 bridgehead atoms. The third-order valence-electron chi connectivity index (χ3n) is 3.68. The van der Waals surface area contributed by atoms with Crippen LogP contribution in [0.2, 0.25) is 0 Å². The van der Waals surface area contributed by atoms with Gasteiger partial charge in [0.15, 0.2) is 0 Å². The number of hydrogen-bond donors (Lipinski definition) is 2. The van der Waals surface area contributed by atoms with Crippen LogP contribution in [0.25, 0.3) is 0 Å². The van der Waals surface area contributed by atoms with Crippen molar-refractivity contribution in [2.75, 3.05) is 7.05 Å². The summed E-state index contributed by atoms with van der Waals surface area (Å²) in [5.41, 5.74) is 2.26. The number of halogens is 1. The number of phenolic OH excluding ortho intramolecular Hbond substituents is 1. The maximum Gasteiger partial charge on any atom is 0.126 e. The van der Waals surface area contributed by atoms with Crippen LogP contribution in [-0.4, -0.2) is 12.2 Å². The molecule has 104 valence electrons. The van der Waals surface area contributed by atoms with Gasteiger partial charge in [0.2, 0.25) is 0 Å². The topological polar surface area (TPSA) is 41.5 Å². The number of ether oxygens (including phenoxy) is 1.